The Balaban J connectivity index is 4.32. The van der Waals surface area contributed by atoms with E-state index >= 15 is 0 Å². The summed E-state index contributed by atoms with van der Waals surface area (Å²) in [5.41, 5.74) is 0. The summed E-state index contributed by atoms with van der Waals surface area (Å²) in [4.78, 5) is 11.6. The molecule has 0 aliphatic rings. The second kappa shape index (κ2) is 7.62. The lowest BCUT2D eigenvalue weighted by Crippen LogP contribution is -2.49. The number of aliphatic hydroxyl groups excluding tert-OH is 1. The maximum Gasteiger partial charge on any atom is 0.238 e. The van der Waals surface area contributed by atoms with Gasteiger partial charge in [-0.15, -0.1) is 0 Å². The van der Waals surface area contributed by atoms with Crippen LogP contribution in [0.1, 0.15) is 33.6 Å². The van der Waals surface area contributed by atoms with Crippen molar-refractivity contribution >= 4 is 15.9 Å². The molecular formula is C10H22N2O4S. The first kappa shape index (κ1) is 16.3. The van der Waals surface area contributed by atoms with Crippen molar-refractivity contribution in [1.29, 1.82) is 0 Å². The summed E-state index contributed by atoms with van der Waals surface area (Å²) in [6.45, 7) is 4.90. The van der Waals surface area contributed by atoms with Crippen LogP contribution in [0.3, 0.4) is 0 Å². The molecule has 7 heteroatoms. The fourth-order valence-corrected chi connectivity index (χ4v) is 2.55. The molecule has 0 aromatic carbocycles. The van der Waals surface area contributed by atoms with E-state index in [0.717, 1.165) is 0 Å². The van der Waals surface area contributed by atoms with Crippen LogP contribution < -0.4 is 10.0 Å². The normalized spacial score (nSPS) is 15.3. The number of rotatable bonds is 8. The molecule has 0 heterocycles. The lowest BCUT2D eigenvalue weighted by molar-refractivity contribution is -0.123. The number of hydrogen-bond donors (Lipinski definition) is 3. The molecule has 0 aromatic heterocycles. The van der Waals surface area contributed by atoms with Crippen LogP contribution in [0.2, 0.25) is 0 Å². The van der Waals surface area contributed by atoms with E-state index in [4.69, 9.17) is 5.11 Å². The zero-order valence-electron chi connectivity index (χ0n) is 10.6. The largest absolute Gasteiger partial charge is 0.394 e. The molecule has 102 valence electrons. The number of sulfonamides is 1. The molecule has 0 aliphatic carbocycles. The van der Waals surface area contributed by atoms with Crippen molar-refractivity contribution in [3.05, 3.63) is 0 Å². The van der Waals surface area contributed by atoms with Crippen LogP contribution in [0.5, 0.6) is 0 Å². The van der Waals surface area contributed by atoms with Crippen LogP contribution in [-0.4, -0.2) is 43.9 Å². The Morgan fingerprint density at radius 2 is 1.94 bits per heavy atom. The van der Waals surface area contributed by atoms with Gasteiger partial charge in [0.2, 0.25) is 15.9 Å². The minimum Gasteiger partial charge on any atom is -0.394 e. The maximum atomic E-state index is 11.6. The monoisotopic (exact) mass is 266 g/mol. The molecule has 0 bridgehead atoms. The minimum atomic E-state index is -3.40. The third-order valence-corrected chi connectivity index (χ3v) is 3.94. The van der Waals surface area contributed by atoms with Crippen molar-refractivity contribution in [3.63, 3.8) is 0 Å². The molecule has 0 fully saturated rings. The molecule has 0 radical (unpaired) electrons. The first-order valence-electron chi connectivity index (χ1n) is 5.77. The average molecular weight is 266 g/mol. The van der Waals surface area contributed by atoms with Crippen LogP contribution in [0.15, 0.2) is 0 Å². The molecule has 0 saturated carbocycles. The van der Waals surface area contributed by atoms with Crippen LogP contribution in [0, 0.1) is 0 Å². The molecule has 6 nitrogen and oxygen atoms in total. The fraction of sp³-hybridized carbons (Fsp3) is 0.900. The van der Waals surface area contributed by atoms with Crippen molar-refractivity contribution in [2.24, 2.45) is 0 Å². The van der Waals surface area contributed by atoms with Gasteiger partial charge in [-0.2, -0.15) is 0 Å². The van der Waals surface area contributed by atoms with Gasteiger partial charge < -0.3 is 10.4 Å². The van der Waals surface area contributed by atoms with E-state index in [9.17, 15) is 13.2 Å². The first-order chi connectivity index (χ1) is 7.86. The number of carbonyl (C=O) groups excluding carboxylic acids is 1. The molecule has 0 rings (SSSR count). The van der Waals surface area contributed by atoms with Gasteiger partial charge in [-0.3, -0.25) is 4.79 Å². The van der Waals surface area contributed by atoms with Gasteiger partial charge in [0.1, 0.15) is 0 Å². The standard InChI is InChI=1S/C10H22N2O4S/c1-4-6-17(15,16)12-8(3)10(14)11-9(5-2)7-13/h8-9,12-13H,4-7H2,1-3H3,(H,11,14). The predicted octanol–water partition coefficient (Wildman–Crippen LogP) is -0.409. The highest BCUT2D eigenvalue weighted by Gasteiger charge is 2.21. The number of carbonyl (C=O) groups is 1. The molecule has 17 heavy (non-hydrogen) atoms. The molecule has 2 atom stereocenters. The molecule has 0 aromatic rings. The highest BCUT2D eigenvalue weighted by molar-refractivity contribution is 7.89. The number of amides is 1. The summed E-state index contributed by atoms with van der Waals surface area (Å²) in [5, 5.41) is 11.5. The molecule has 2 unspecified atom stereocenters. The van der Waals surface area contributed by atoms with Crippen molar-refractivity contribution in [2.75, 3.05) is 12.4 Å². The minimum absolute atomic E-state index is 0.00181. The Bertz CT molecular complexity index is 325. The second-order valence-electron chi connectivity index (χ2n) is 3.95. The van der Waals surface area contributed by atoms with Gasteiger partial charge in [0, 0.05) is 0 Å². The molecule has 1 amide bonds. The third kappa shape index (κ3) is 6.60. The lowest BCUT2D eigenvalue weighted by atomic mass is 10.2. The average Bonchev–Trinajstić information content (AvgIpc) is 2.24. The highest BCUT2D eigenvalue weighted by atomic mass is 32.2. The summed E-state index contributed by atoms with van der Waals surface area (Å²) < 4.78 is 25.1. The fourth-order valence-electron chi connectivity index (χ4n) is 1.25. The van der Waals surface area contributed by atoms with Gasteiger partial charge in [0.15, 0.2) is 0 Å². The van der Waals surface area contributed by atoms with E-state index in [1.54, 1.807) is 6.92 Å². The van der Waals surface area contributed by atoms with Crippen molar-refractivity contribution in [3.8, 4) is 0 Å². The zero-order valence-corrected chi connectivity index (χ0v) is 11.4. The van der Waals surface area contributed by atoms with Crippen molar-refractivity contribution < 1.29 is 18.3 Å². The SMILES string of the molecule is CCCS(=O)(=O)NC(C)C(=O)NC(CC)CO. The smallest absolute Gasteiger partial charge is 0.238 e. The van der Waals surface area contributed by atoms with Gasteiger partial charge >= 0.3 is 0 Å². The summed E-state index contributed by atoms with van der Waals surface area (Å²) >= 11 is 0. The summed E-state index contributed by atoms with van der Waals surface area (Å²) in [5.74, 6) is -0.424. The Kier molecular flexibility index (Phi) is 7.33. The van der Waals surface area contributed by atoms with Gasteiger partial charge in [0.25, 0.3) is 0 Å². The Hall–Kier alpha value is -0.660. The topological polar surface area (TPSA) is 95.5 Å². The maximum absolute atomic E-state index is 11.6. The molecule has 3 N–H and O–H groups in total. The summed E-state index contributed by atoms with van der Waals surface area (Å²) in [6, 6.07) is -1.16. The Morgan fingerprint density at radius 3 is 2.35 bits per heavy atom. The lowest BCUT2D eigenvalue weighted by Gasteiger charge is -2.18. The van der Waals surface area contributed by atoms with E-state index in [0.29, 0.717) is 12.8 Å². The summed E-state index contributed by atoms with van der Waals surface area (Å²) in [6.07, 6.45) is 1.09. The number of aliphatic hydroxyl groups is 1. The summed E-state index contributed by atoms with van der Waals surface area (Å²) in [7, 11) is -3.40. The van der Waals surface area contributed by atoms with Gasteiger partial charge in [-0.1, -0.05) is 13.8 Å². The van der Waals surface area contributed by atoms with Crippen LogP contribution >= 0.6 is 0 Å². The zero-order chi connectivity index (χ0) is 13.5. The van der Waals surface area contributed by atoms with Gasteiger partial charge in [-0.05, 0) is 19.8 Å². The van der Waals surface area contributed by atoms with E-state index in [-0.39, 0.29) is 18.4 Å². The van der Waals surface area contributed by atoms with Crippen LogP contribution in [-0.2, 0) is 14.8 Å². The molecule has 0 saturated heterocycles. The van der Waals surface area contributed by atoms with E-state index in [1.807, 2.05) is 6.92 Å². The quantitative estimate of drug-likeness (QED) is 0.556. The van der Waals surface area contributed by atoms with Crippen molar-refractivity contribution in [2.45, 2.75) is 45.7 Å². The predicted molar refractivity (Wildman–Crippen MR) is 66.0 cm³/mol. The van der Waals surface area contributed by atoms with Gasteiger partial charge in [0.05, 0.1) is 24.4 Å². The first-order valence-corrected chi connectivity index (χ1v) is 7.42. The van der Waals surface area contributed by atoms with Crippen molar-refractivity contribution in [1.82, 2.24) is 10.0 Å². The van der Waals surface area contributed by atoms with Gasteiger partial charge in [-0.25, -0.2) is 13.1 Å². The highest BCUT2D eigenvalue weighted by Crippen LogP contribution is 1.95. The number of nitrogens with one attached hydrogen (secondary N) is 2. The van der Waals surface area contributed by atoms with E-state index < -0.39 is 22.0 Å². The molecule has 0 aliphatic heterocycles. The Morgan fingerprint density at radius 1 is 1.35 bits per heavy atom. The molecular weight excluding hydrogens is 244 g/mol. The van der Waals surface area contributed by atoms with Crippen LogP contribution in [0.25, 0.3) is 0 Å². The van der Waals surface area contributed by atoms with Crippen LogP contribution in [0.4, 0.5) is 0 Å². The third-order valence-electron chi connectivity index (χ3n) is 2.28. The van der Waals surface area contributed by atoms with E-state index in [2.05, 4.69) is 10.0 Å². The molecule has 0 spiro atoms. The Labute approximate surface area is 103 Å². The second-order valence-corrected chi connectivity index (χ2v) is 5.83. The number of hydrogen-bond acceptors (Lipinski definition) is 4. The van der Waals surface area contributed by atoms with E-state index in [1.165, 1.54) is 6.92 Å².